The molecule has 0 aliphatic carbocycles. The predicted octanol–water partition coefficient (Wildman–Crippen LogP) is 3.22. The van der Waals surface area contributed by atoms with E-state index in [1.54, 1.807) is 18.2 Å². The van der Waals surface area contributed by atoms with E-state index >= 15 is 0 Å². The van der Waals surface area contributed by atoms with Gasteiger partial charge in [0.05, 0.1) is 10.7 Å². The molecule has 16 heavy (non-hydrogen) atoms. The summed E-state index contributed by atoms with van der Waals surface area (Å²) < 4.78 is 0.923. The summed E-state index contributed by atoms with van der Waals surface area (Å²) in [5.41, 5.74) is 6.20. The number of halogens is 2. The monoisotopic (exact) mass is 298 g/mol. The number of hydrogen-bond donors (Lipinski definition) is 2. The quantitative estimate of drug-likeness (QED) is 0.893. The van der Waals surface area contributed by atoms with Gasteiger partial charge in [-0.25, -0.2) is 0 Å². The van der Waals surface area contributed by atoms with Gasteiger partial charge in [-0.1, -0.05) is 27.5 Å². The highest BCUT2D eigenvalue weighted by atomic mass is 79.9. The number of nitrogens with two attached hydrogens (primary N) is 1. The Morgan fingerprint density at radius 2 is 2.00 bits per heavy atom. The second-order valence-corrected chi connectivity index (χ2v) is 4.42. The van der Waals surface area contributed by atoms with Gasteiger partial charge < -0.3 is 11.1 Å². The Bertz CT molecular complexity index is 501. The van der Waals surface area contributed by atoms with Crippen LogP contribution in [0.3, 0.4) is 0 Å². The number of hydrogen-bond acceptors (Lipinski definition) is 4. The van der Waals surface area contributed by atoms with Crippen molar-refractivity contribution in [1.29, 1.82) is 0 Å². The topological polar surface area (TPSA) is 63.8 Å². The van der Waals surface area contributed by atoms with Crippen LogP contribution in [0.5, 0.6) is 0 Å². The number of rotatable bonds is 2. The minimum absolute atomic E-state index is 0.382. The molecule has 0 aliphatic heterocycles. The number of nitrogen functional groups attached to an aromatic ring is 1. The van der Waals surface area contributed by atoms with Crippen LogP contribution in [0.15, 0.2) is 34.8 Å². The first kappa shape index (κ1) is 11.2. The highest BCUT2D eigenvalue weighted by Crippen LogP contribution is 2.27. The lowest BCUT2D eigenvalue weighted by molar-refractivity contribution is 1.05. The molecule has 3 N–H and O–H groups in total. The summed E-state index contributed by atoms with van der Waals surface area (Å²) in [6.07, 6.45) is 0. The van der Waals surface area contributed by atoms with Crippen molar-refractivity contribution in [2.24, 2.45) is 0 Å². The third kappa shape index (κ3) is 2.62. The maximum Gasteiger partial charge on any atom is 0.153 e. The van der Waals surface area contributed by atoms with Gasteiger partial charge in [-0.15, -0.1) is 10.2 Å². The van der Waals surface area contributed by atoms with Crippen LogP contribution < -0.4 is 11.1 Å². The summed E-state index contributed by atoms with van der Waals surface area (Å²) in [5, 5.41) is 11.3. The fraction of sp³-hybridized carbons (Fsp3) is 0. The van der Waals surface area contributed by atoms with E-state index in [-0.39, 0.29) is 0 Å². The SMILES string of the molecule is Nc1ccc(Nc2ccc(Br)cc2Cl)nn1. The Labute approximate surface area is 106 Å². The van der Waals surface area contributed by atoms with Crippen LogP contribution in [-0.2, 0) is 0 Å². The first-order chi connectivity index (χ1) is 7.65. The van der Waals surface area contributed by atoms with Gasteiger partial charge in [0.1, 0.15) is 5.82 Å². The first-order valence-electron chi connectivity index (χ1n) is 4.46. The highest BCUT2D eigenvalue weighted by Gasteiger charge is 2.02. The van der Waals surface area contributed by atoms with Gasteiger partial charge >= 0.3 is 0 Å². The van der Waals surface area contributed by atoms with Crippen LogP contribution in [-0.4, -0.2) is 10.2 Å². The van der Waals surface area contributed by atoms with E-state index in [0.29, 0.717) is 16.7 Å². The van der Waals surface area contributed by atoms with E-state index in [4.69, 9.17) is 17.3 Å². The van der Waals surface area contributed by atoms with Crippen molar-refractivity contribution >= 4 is 44.9 Å². The fourth-order valence-electron chi connectivity index (χ4n) is 1.14. The molecule has 2 rings (SSSR count). The average Bonchev–Trinajstić information content (AvgIpc) is 2.25. The molecule has 6 heteroatoms. The minimum atomic E-state index is 0.382. The highest BCUT2D eigenvalue weighted by molar-refractivity contribution is 9.10. The standard InChI is InChI=1S/C10H8BrClN4/c11-6-1-2-8(7(12)5-6)14-10-4-3-9(13)15-16-10/h1-5H,(H2,13,15)(H,14,16). The van der Waals surface area contributed by atoms with Gasteiger partial charge in [-0.05, 0) is 30.3 Å². The smallest absolute Gasteiger partial charge is 0.153 e. The molecule has 1 aromatic carbocycles. The molecule has 1 heterocycles. The lowest BCUT2D eigenvalue weighted by atomic mass is 10.3. The Morgan fingerprint density at radius 3 is 2.62 bits per heavy atom. The summed E-state index contributed by atoms with van der Waals surface area (Å²) >= 11 is 9.38. The summed E-state index contributed by atoms with van der Waals surface area (Å²) in [7, 11) is 0. The van der Waals surface area contributed by atoms with Crippen molar-refractivity contribution in [3.8, 4) is 0 Å². The Morgan fingerprint density at radius 1 is 1.19 bits per heavy atom. The van der Waals surface area contributed by atoms with Gasteiger partial charge in [-0.2, -0.15) is 0 Å². The zero-order valence-electron chi connectivity index (χ0n) is 8.11. The van der Waals surface area contributed by atoms with Crippen molar-refractivity contribution in [2.45, 2.75) is 0 Å². The fourth-order valence-corrected chi connectivity index (χ4v) is 1.86. The second kappa shape index (κ2) is 4.67. The van der Waals surface area contributed by atoms with E-state index in [0.717, 1.165) is 10.2 Å². The second-order valence-electron chi connectivity index (χ2n) is 3.09. The van der Waals surface area contributed by atoms with Crippen LogP contribution in [0.2, 0.25) is 5.02 Å². The van der Waals surface area contributed by atoms with E-state index in [9.17, 15) is 0 Å². The van der Waals surface area contributed by atoms with E-state index in [1.165, 1.54) is 0 Å². The molecule has 82 valence electrons. The molecule has 0 aliphatic rings. The van der Waals surface area contributed by atoms with Crippen LogP contribution >= 0.6 is 27.5 Å². The maximum absolute atomic E-state index is 6.05. The van der Waals surface area contributed by atoms with Crippen molar-refractivity contribution in [2.75, 3.05) is 11.1 Å². The zero-order valence-corrected chi connectivity index (χ0v) is 10.5. The predicted molar refractivity (Wildman–Crippen MR) is 68.9 cm³/mol. The normalized spacial score (nSPS) is 10.1. The molecule has 0 unspecified atom stereocenters. The van der Waals surface area contributed by atoms with E-state index in [2.05, 4.69) is 31.4 Å². The van der Waals surface area contributed by atoms with Crippen LogP contribution in [0.1, 0.15) is 0 Å². The van der Waals surface area contributed by atoms with Gasteiger partial charge in [0, 0.05) is 4.47 Å². The molecule has 0 amide bonds. The molecule has 1 aromatic heterocycles. The van der Waals surface area contributed by atoms with Crippen molar-refractivity contribution < 1.29 is 0 Å². The summed E-state index contributed by atoms with van der Waals surface area (Å²) in [6, 6.07) is 8.95. The summed E-state index contributed by atoms with van der Waals surface area (Å²) in [5.74, 6) is 0.978. The molecule has 0 saturated carbocycles. The van der Waals surface area contributed by atoms with Crippen LogP contribution in [0, 0.1) is 0 Å². The first-order valence-corrected chi connectivity index (χ1v) is 5.63. The average molecular weight is 300 g/mol. The summed E-state index contributed by atoms with van der Waals surface area (Å²) in [6.45, 7) is 0. The largest absolute Gasteiger partial charge is 0.382 e. The zero-order chi connectivity index (χ0) is 11.5. The van der Waals surface area contributed by atoms with Crippen molar-refractivity contribution in [3.05, 3.63) is 39.8 Å². The van der Waals surface area contributed by atoms with Crippen LogP contribution in [0.4, 0.5) is 17.3 Å². The lowest BCUT2D eigenvalue weighted by Gasteiger charge is -2.07. The Hall–Kier alpha value is -1.33. The molecule has 4 nitrogen and oxygen atoms in total. The lowest BCUT2D eigenvalue weighted by Crippen LogP contribution is -1.98. The van der Waals surface area contributed by atoms with Gasteiger partial charge in [0.2, 0.25) is 0 Å². The molecule has 0 saturated heterocycles. The van der Waals surface area contributed by atoms with E-state index < -0.39 is 0 Å². The maximum atomic E-state index is 6.05. The number of benzene rings is 1. The molecule has 0 radical (unpaired) electrons. The van der Waals surface area contributed by atoms with Gasteiger partial charge in [0.15, 0.2) is 5.82 Å². The molecular formula is C10H8BrClN4. The Kier molecular flexibility index (Phi) is 3.26. The van der Waals surface area contributed by atoms with Crippen molar-refractivity contribution in [3.63, 3.8) is 0 Å². The van der Waals surface area contributed by atoms with E-state index in [1.807, 2.05) is 12.1 Å². The molecule has 0 fully saturated rings. The van der Waals surface area contributed by atoms with Crippen LogP contribution in [0.25, 0.3) is 0 Å². The minimum Gasteiger partial charge on any atom is -0.382 e. The molecular weight excluding hydrogens is 291 g/mol. The number of aromatic nitrogens is 2. The third-order valence-corrected chi connectivity index (χ3v) is 2.69. The molecule has 2 aromatic rings. The summed E-state index contributed by atoms with van der Waals surface area (Å²) in [4.78, 5) is 0. The number of nitrogens with one attached hydrogen (secondary N) is 1. The van der Waals surface area contributed by atoms with Gasteiger partial charge in [0.25, 0.3) is 0 Å². The Balaban J connectivity index is 2.23. The number of nitrogens with zero attached hydrogens (tertiary/aromatic N) is 2. The molecule has 0 bridgehead atoms. The third-order valence-electron chi connectivity index (χ3n) is 1.88. The molecule has 0 atom stereocenters. The number of anilines is 3. The van der Waals surface area contributed by atoms with Gasteiger partial charge in [-0.3, -0.25) is 0 Å². The molecule has 0 spiro atoms. The van der Waals surface area contributed by atoms with Crippen molar-refractivity contribution in [1.82, 2.24) is 10.2 Å².